The van der Waals surface area contributed by atoms with Gasteiger partial charge in [0.25, 0.3) is 5.69 Å². The van der Waals surface area contributed by atoms with Crippen LogP contribution >= 0.6 is 11.6 Å². The Balaban J connectivity index is 1.75. The maximum atomic E-state index is 11.5. The number of benzene rings is 3. The van der Waals surface area contributed by atoms with Crippen molar-refractivity contribution in [3.63, 3.8) is 0 Å². The minimum absolute atomic E-state index is 0.0798. The quantitative estimate of drug-likeness (QED) is 0.367. The van der Waals surface area contributed by atoms with E-state index >= 15 is 0 Å². The van der Waals surface area contributed by atoms with E-state index in [1.807, 2.05) is 30.3 Å². The summed E-state index contributed by atoms with van der Waals surface area (Å²) >= 11 is 6.32. The normalized spacial score (nSPS) is 16.3. The van der Waals surface area contributed by atoms with Crippen molar-refractivity contribution in [3.05, 3.63) is 86.9 Å². The first-order chi connectivity index (χ1) is 13.1. The molecule has 0 radical (unpaired) electrons. The molecule has 3 nitrogen and oxygen atoms in total. The van der Waals surface area contributed by atoms with Gasteiger partial charge in [-0.2, -0.15) is 0 Å². The fourth-order valence-electron chi connectivity index (χ4n) is 5.05. The third kappa shape index (κ3) is 2.35. The summed E-state index contributed by atoms with van der Waals surface area (Å²) in [5.41, 5.74) is 6.81. The minimum Gasteiger partial charge on any atom is -0.258 e. The second kappa shape index (κ2) is 5.93. The van der Waals surface area contributed by atoms with Gasteiger partial charge in [-0.3, -0.25) is 10.1 Å². The number of nitro benzene ring substituents is 1. The molecule has 0 heterocycles. The summed E-state index contributed by atoms with van der Waals surface area (Å²) in [4.78, 5) is 11.2. The molecule has 5 rings (SSSR count). The molecule has 0 N–H and O–H groups in total. The molecule has 3 aromatic carbocycles. The van der Waals surface area contributed by atoms with E-state index in [4.69, 9.17) is 11.6 Å². The molecule has 1 saturated carbocycles. The van der Waals surface area contributed by atoms with Crippen molar-refractivity contribution in [1.29, 1.82) is 0 Å². The average Bonchev–Trinajstić information content (AvgIpc) is 3.27. The number of fused-ring (bicyclic) bond motifs is 5. The van der Waals surface area contributed by atoms with E-state index in [-0.39, 0.29) is 16.0 Å². The molecule has 2 aliphatic rings. The highest BCUT2D eigenvalue weighted by Crippen LogP contribution is 2.57. The molecule has 0 amide bonds. The Hall–Kier alpha value is -2.65. The molecule has 134 valence electrons. The molecule has 2 aliphatic carbocycles. The lowest BCUT2D eigenvalue weighted by atomic mass is 9.76. The molecular weight excluding hydrogens is 358 g/mol. The van der Waals surface area contributed by atoms with Gasteiger partial charge in [-0.15, -0.1) is 0 Å². The maximum absolute atomic E-state index is 11.5. The first kappa shape index (κ1) is 16.5. The van der Waals surface area contributed by atoms with Crippen molar-refractivity contribution >= 4 is 17.3 Å². The summed E-state index contributed by atoms with van der Waals surface area (Å²) < 4.78 is 0. The summed E-state index contributed by atoms with van der Waals surface area (Å²) in [6, 6.07) is 19.5. The Morgan fingerprint density at radius 1 is 0.852 bits per heavy atom. The third-order valence-corrected chi connectivity index (χ3v) is 6.43. The lowest BCUT2D eigenvalue weighted by Crippen LogP contribution is -2.20. The molecule has 0 unspecified atom stereocenters. The molecule has 3 aromatic rings. The van der Waals surface area contributed by atoms with E-state index in [0.717, 1.165) is 23.4 Å². The maximum Gasteiger partial charge on any atom is 0.277 e. The van der Waals surface area contributed by atoms with Crippen LogP contribution in [0.3, 0.4) is 0 Å². The van der Waals surface area contributed by atoms with Crippen molar-refractivity contribution in [1.82, 2.24) is 0 Å². The van der Waals surface area contributed by atoms with E-state index < -0.39 is 0 Å². The molecule has 0 aliphatic heterocycles. The van der Waals surface area contributed by atoms with Gasteiger partial charge in [-0.05, 0) is 64.9 Å². The van der Waals surface area contributed by atoms with Gasteiger partial charge in [0.05, 0.1) is 10.5 Å². The average molecular weight is 376 g/mol. The van der Waals surface area contributed by atoms with E-state index in [0.29, 0.717) is 5.56 Å². The molecule has 0 bridgehead atoms. The van der Waals surface area contributed by atoms with Gasteiger partial charge in [0.2, 0.25) is 0 Å². The highest BCUT2D eigenvalue weighted by atomic mass is 35.5. The SMILES string of the molecule is O=[N+]([O-])c1ccccc1-c1ccc2c(c1)-c1cc(Cl)ccc1C21CCCC1. The fraction of sp³-hybridized carbons (Fsp3) is 0.217. The molecule has 1 spiro atoms. The van der Waals surface area contributed by atoms with Crippen LogP contribution in [0.5, 0.6) is 0 Å². The topological polar surface area (TPSA) is 43.1 Å². The lowest BCUT2D eigenvalue weighted by molar-refractivity contribution is -0.384. The zero-order valence-electron chi connectivity index (χ0n) is 14.7. The Morgan fingerprint density at radius 2 is 1.52 bits per heavy atom. The number of nitro groups is 1. The monoisotopic (exact) mass is 375 g/mol. The predicted octanol–water partition coefficient (Wildman–Crippen LogP) is 6.76. The molecule has 0 saturated heterocycles. The standard InChI is InChI=1S/C23H18ClNO2/c24-16-8-10-21-19(14-16)18-13-15(17-5-1-2-6-22(17)25(26)27)7-9-20(18)23(21)11-3-4-12-23/h1-2,5-10,13-14H,3-4,11-12H2. The van der Waals surface area contributed by atoms with E-state index in [2.05, 4.69) is 18.2 Å². The van der Waals surface area contributed by atoms with Crippen LogP contribution in [0, 0.1) is 10.1 Å². The van der Waals surface area contributed by atoms with E-state index in [9.17, 15) is 10.1 Å². The van der Waals surface area contributed by atoms with Gasteiger partial charge in [0.15, 0.2) is 0 Å². The van der Waals surface area contributed by atoms with Crippen LogP contribution in [0.4, 0.5) is 5.69 Å². The molecule has 0 atom stereocenters. The molecular formula is C23H18ClNO2. The Labute approximate surface area is 162 Å². The van der Waals surface area contributed by atoms with Crippen LogP contribution < -0.4 is 0 Å². The molecule has 0 aromatic heterocycles. The van der Waals surface area contributed by atoms with Gasteiger partial charge in [0.1, 0.15) is 0 Å². The summed E-state index contributed by atoms with van der Waals surface area (Å²) in [6.07, 6.45) is 4.76. The van der Waals surface area contributed by atoms with Crippen molar-refractivity contribution < 1.29 is 4.92 Å². The molecule has 1 fully saturated rings. The number of para-hydroxylation sites is 1. The zero-order valence-corrected chi connectivity index (χ0v) is 15.5. The first-order valence-corrected chi connectivity index (χ1v) is 9.67. The Bertz CT molecular complexity index is 1080. The highest BCUT2D eigenvalue weighted by Gasteiger charge is 2.45. The number of hydrogen-bond acceptors (Lipinski definition) is 2. The summed E-state index contributed by atoms with van der Waals surface area (Å²) in [5, 5.41) is 12.2. The molecule has 27 heavy (non-hydrogen) atoms. The zero-order chi connectivity index (χ0) is 18.6. The Kier molecular flexibility index (Phi) is 3.63. The summed E-state index contributed by atoms with van der Waals surface area (Å²) in [6.45, 7) is 0. The van der Waals surface area contributed by atoms with Crippen LogP contribution in [0.25, 0.3) is 22.3 Å². The van der Waals surface area contributed by atoms with E-state index in [1.165, 1.54) is 35.1 Å². The Morgan fingerprint density at radius 3 is 2.26 bits per heavy atom. The van der Waals surface area contributed by atoms with Crippen LogP contribution in [0.15, 0.2) is 60.7 Å². The number of rotatable bonds is 2. The van der Waals surface area contributed by atoms with Crippen molar-refractivity contribution in [2.75, 3.05) is 0 Å². The van der Waals surface area contributed by atoms with Gasteiger partial charge < -0.3 is 0 Å². The van der Waals surface area contributed by atoms with Crippen LogP contribution in [-0.2, 0) is 5.41 Å². The largest absolute Gasteiger partial charge is 0.277 e. The van der Waals surface area contributed by atoms with Crippen molar-refractivity contribution in [3.8, 4) is 22.3 Å². The second-order valence-corrected chi connectivity index (χ2v) is 7.95. The van der Waals surface area contributed by atoms with Crippen LogP contribution in [0.1, 0.15) is 36.8 Å². The highest BCUT2D eigenvalue weighted by molar-refractivity contribution is 6.31. The van der Waals surface area contributed by atoms with Gasteiger partial charge in [-0.25, -0.2) is 0 Å². The first-order valence-electron chi connectivity index (χ1n) is 9.29. The van der Waals surface area contributed by atoms with Gasteiger partial charge in [-0.1, -0.05) is 54.8 Å². The number of hydrogen-bond donors (Lipinski definition) is 0. The van der Waals surface area contributed by atoms with Crippen molar-refractivity contribution in [2.24, 2.45) is 0 Å². The van der Waals surface area contributed by atoms with Crippen molar-refractivity contribution in [2.45, 2.75) is 31.1 Å². The number of halogens is 1. The van der Waals surface area contributed by atoms with Gasteiger partial charge in [0, 0.05) is 16.5 Å². The fourth-order valence-corrected chi connectivity index (χ4v) is 5.22. The number of nitrogens with zero attached hydrogens (tertiary/aromatic N) is 1. The van der Waals surface area contributed by atoms with Crippen LogP contribution in [-0.4, -0.2) is 4.92 Å². The smallest absolute Gasteiger partial charge is 0.258 e. The minimum atomic E-state index is -0.314. The second-order valence-electron chi connectivity index (χ2n) is 7.51. The van der Waals surface area contributed by atoms with E-state index in [1.54, 1.807) is 12.1 Å². The lowest BCUT2D eigenvalue weighted by Gasteiger charge is -2.26. The predicted molar refractivity (Wildman–Crippen MR) is 108 cm³/mol. The third-order valence-electron chi connectivity index (χ3n) is 6.19. The summed E-state index contributed by atoms with van der Waals surface area (Å²) in [5.74, 6) is 0. The molecule has 4 heteroatoms. The van der Waals surface area contributed by atoms with Crippen LogP contribution in [0.2, 0.25) is 5.02 Å². The summed E-state index contributed by atoms with van der Waals surface area (Å²) in [7, 11) is 0. The van der Waals surface area contributed by atoms with Gasteiger partial charge >= 0.3 is 0 Å².